The summed E-state index contributed by atoms with van der Waals surface area (Å²) in [5.41, 5.74) is 3.73. The average molecular weight is 353 g/mol. The van der Waals surface area contributed by atoms with Crippen LogP contribution in [0, 0.1) is 0 Å². The molecule has 26 heavy (non-hydrogen) atoms. The minimum atomic E-state index is -0.628. The first-order valence-corrected chi connectivity index (χ1v) is 8.84. The van der Waals surface area contributed by atoms with Crippen LogP contribution in [0.4, 0.5) is 5.69 Å². The van der Waals surface area contributed by atoms with Crippen molar-refractivity contribution in [1.82, 2.24) is 0 Å². The van der Waals surface area contributed by atoms with E-state index in [0.29, 0.717) is 17.0 Å². The van der Waals surface area contributed by atoms with E-state index in [1.54, 1.807) is 31.2 Å². The van der Waals surface area contributed by atoms with Crippen LogP contribution >= 0.6 is 0 Å². The molecule has 1 amide bonds. The minimum Gasteiger partial charge on any atom is -0.481 e. The molecule has 5 nitrogen and oxygen atoms in total. The van der Waals surface area contributed by atoms with E-state index in [2.05, 4.69) is 16.1 Å². The number of aryl methyl sites for hydroxylation is 2. The van der Waals surface area contributed by atoms with E-state index in [1.807, 2.05) is 12.1 Å². The Morgan fingerprint density at radius 3 is 2.38 bits per heavy atom. The number of fused-ring (bicyclic) bond motifs is 1. The van der Waals surface area contributed by atoms with Crippen LogP contribution < -0.4 is 10.1 Å². The highest BCUT2D eigenvalue weighted by molar-refractivity contribution is 5.95. The maximum Gasteiger partial charge on any atom is 0.337 e. The predicted molar refractivity (Wildman–Crippen MR) is 99.6 cm³/mol. The molecular formula is C21H23NO4. The van der Waals surface area contributed by atoms with Crippen LogP contribution in [0.25, 0.3) is 0 Å². The lowest BCUT2D eigenvalue weighted by atomic mass is 9.92. The zero-order valence-electron chi connectivity index (χ0n) is 15.1. The number of carbonyl (C=O) groups excluding carboxylic acids is 2. The van der Waals surface area contributed by atoms with Gasteiger partial charge in [0.25, 0.3) is 5.91 Å². The topological polar surface area (TPSA) is 64.6 Å². The van der Waals surface area contributed by atoms with E-state index in [0.717, 1.165) is 12.8 Å². The maximum absolute atomic E-state index is 12.4. The van der Waals surface area contributed by atoms with Crippen LogP contribution in [0.1, 0.15) is 41.3 Å². The molecule has 0 aromatic heterocycles. The number of hydrogen-bond donors (Lipinski definition) is 1. The van der Waals surface area contributed by atoms with Gasteiger partial charge >= 0.3 is 5.97 Å². The van der Waals surface area contributed by atoms with E-state index in [1.165, 1.54) is 31.1 Å². The van der Waals surface area contributed by atoms with Crippen molar-refractivity contribution >= 4 is 17.6 Å². The summed E-state index contributed by atoms with van der Waals surface area (Å²) in [4.78, 5) is 23.8. The lowest BCUT2D eigenvalue weighted by Crippen LogP contribution is -2.30. The van der Waals surface area contributed by atoms with Crippen molar-refractivity contribution in [2.75, 3.05) is 12.4 Å². The van der Waals surface area contributed by atoms with Gasteiger partial charge in [-0.2, -0.15) is 0 Å². The maximum atomic E-state index is 12.4. The average Bonchev–Trinajstić information content (AvgIpc) is 2.67. The monoisotopic (exact) mass is 353 g/mol. The lowest BCUT2D eigenvalue weighted by Gasteiger charge is -2.19. The number of anilines is 1. The third-order valence-electron chi connectivity index (χ3n) is 4.58. The molecule has 0 heterocycles. The third kappa shape index (κ3) is 4.23. The molecule has 1 N–H and O–H groups in total. The van der Waals surface area contributed by atoms with Crippen LogP contribution in [0.15, 0.2) is 42.5 Å². The minimum absolute atomic E-state index is 0.242. The summed E-state index contributed by atoms with van der Waals surface area (Å²) in [5, 5.41) is 2.79. The largest absolute Gasteiger partial charge is 0.481 e. The van der Waals surface area contributed by atoms with Crippen molar-refractivity contribution in [3.8, 4) is 5.75 Å². The molecule has 136 valence electrons. The summed E-state index contributed by atoms with van der Waals surface area (Å²) in [5.74, 6) is 0.0647. The molecular weight excluding hydrogens is 330 g/mol. The Balaban J connectivity index is 1.60. The highest BCUT2D eigenvalue weighted by Crippen LogP contribution is 2.26. The van der Waals surface area contributed by atoms with Gasteiger partial charge in [0.05, 0.1) is 12.7 Å². The standard InChI is InChI=1S/C21H23NO4/c1-14(26-19-12-9-15-5-3-4-6-17(15)13-19)20(23)22-18-10-7-16(8-11-18)21(24)25-2/h7-14H,3-6H2,1-2H3,(H,22,23)/t14-/m0/s1. The Morgan fingerprint density at radius 2 is 1.69 bits per heavy atom. The lowest BCUT2D eigenvalue weighted by molar-refractivity contribution is -0.122. The molecule has 0 aliphatic heterocycles. The van der Waals surface area contributed by atoms with Crippen LogP contribution in [-0.2, 0) is 22.4 Å². The van der Waals surface area contributed by atoms with Crippen molar-refractivity contribution in [1.29, 1.82) is 0 Å². The molecule has 0 saturated carbocycles. The van der Waals surface area contributed by atoms with E-state index >= 15 is 0 Å². The molecule has 2 aromatic carbocycles. The molecule has 1 aliphatic carbocycles. The number of hydrogen-bond acceptors (Lipinski definition) is 4. The van der Waals surface area contributed by atoms with Crippen LogP contribution in [-0.4, -0.2) is 25.1 Å². The molecule has 0 fully saturated rings. The van der Waals surface area contributed by atoms with E-state index in [4.69, 9.17) is 4.74 Å². The number of esters is 1. The highest BCUT2D eigenvalue weighted by Gasteiger charge is 2.17. The van der Waals surface area contributed by atoms with E-state index in [9.17, 15) is 9.59 Å². The van der Waals surface area contributed by atoms with Crippen LogP contribution in [0.5, 0.6) is 5.75 Å². The molecule has 1 atom stereocenters. The van der Waals surface area contributed by atoms with Gasteiger partial charge in [-0.25, -0.2) is 4.79 Å². The number of ether oxygens (including phenoxy) is 2. The van der Waals surface area contributed by atoms with Gasteiger partial charge < -0.3 is 14.8 Å². The molecule has 1 aliphatic rings. The van der Waals surface area contributed by atoms with Crippen molar-refractivity contribution in [2.24, 2.45) is 0 Å². The van der Waals surface area contributed by atoms with Gasteiger partial charge in [-0.15, -0.1) is 0 Å². The van der Waals surface area contributed by atoms with Gasteiger partial charge in [-0.1, -0.05) is 6.07 Å². The van der Waals surface area contributed by atoms with Crippen molar-refractivity contribution in [2.45, 2.75) is 38.7 Å². The van der Waals surface area contributed by atoms with Gasteiger partial charge in [0.1, 0.15) is 5.75 Å². The quantitative estimate of drug-likeness (QED) is 0.832. The van der Waals surface area contributed by atoms with Crippen molar-refractivity contribution in [3.63, 3.8) is 0 Å². The normalized spacial score (nSPS) is 14.1. The summed E-state index contributed by atoms with van der Waals surface area (Å²) < 4.78 is 10.5. The second kappa shape index (κ2) is 8.04. The van der Waals surface area contributed by atoms with Crippen LogP contribution in [0.2, 0.25) is 0 Å². The first kappa shape index (κ1) is 18.0. The van der Waals surface area contributed by atoms with Gasteiger partial charge in [0.15, 0.2) is 6.10 Å². The summed E-state index contributed by atoms with van der Waals surface area (Å²) in [6.45, 7) is 1.72. The Hall–Kier alpha value is -2.82. The number of benzene rings is 2. The number of nitrogens with one attached hydrogen (secondary N) is 1. The van der Waals surface area contributed by atoms with Crippen molar-refractivity contribution < 1.29 is 19.1 Å². The van der Waals surface area contributed by atoms with Gasteiger partial charge in [0, 0.05) is 5.69 Å². The Labute approximate surface area is 153 Å². The summed E-state index contributed by atoms with van der Waals surface area (Å²) in [7, 11) is 1.33. The van der Waals surface area contributed by atoms with Gasteiger partial charge in [-0.05, 0) is 80.1 Å². The molecule has 0 spiro atoms. The molecule has 0 bridgehead atoms. The van der Waals surface area contributed by atoms with E-state index < -0.39 is 12.1 Å². The fourth-order valence-electron chi connectivity index (χ4n) is 3.09. The summed E-state index contributed by atoms with van der Waals surface area (Å²) in [6.07, 6.45) is 4.00. The van der Waals surface area contributed by atoms with Crippen molar-refractivity contribution in [3.05, 3.63) is 59.2 Å². The Kier molecular flexibility index (Phi) is 5.56. The summed E-state index contributed by atoms with van der Waals surface area (Å²) >= 11 is 0. The highest BCUT2D eigenvalue weighted by atomic mass is 16.5. The Bertz CT molecular complexity index is 798. The fourth-order valence-corrected chi connectivity index (χ4v) is 3.09. The number of amides is 1. The van der Waals surface area contributed by atoms with Crippen LogP contribution in [0.3, 0.4) is 0 Å². The first-order chi connectivity index (χ1) is 12.6. The third-order valence-corrected chi connectivity index (χ3v) is 4.58. The number of rotatable bonds is 5. The van der Waals surface area contributed by atoms with Gasteiger partial charge in [0.2, 0.25) is 0 Å². The second-order valence-corrected chi connectivity index (χ2v) is 6.46. The fraction of sp³-hybridized carbons (Fsp3) is 0.333. The smallest absolute Gasteiger partial charge is 0.337 e. The second-order valence-electron chi connectivity index (χ2n) is 6.46. The summed E-state index contributed by atoms with van der Waals surface area (Å²) in [6, 6.07) is 12.6. The number of carbonyl (C=O) groups is 2. The molecule has 5 heteroatoms. The zero-order valence-corrected chi connectivity index (χ0v) is 15.1. The SMILES string of the molecule is COC(=O)c1ccc(NC(=O)[C@H](C)Oc2ccc3c(c2)CCCC3)cc1. The predicted octanol–water partition coefficient (Wildman–Crippen LogP) is 3.76. The van der Waals surface area contributed by atoms with E-state index in [-0.39, 0.29) is 5.91 Å². The zero-order chi connectivity index (χ0) is 18.5. The molecule has 0 saturated heterocycles. The molecule has 0 radical (unpaired) electrons. The molecule has 0 unspecified atom stereocenters. The molecule has 3 rings (SSSR count). The number of methoxy groups -OCH3 is 1. The van der Waals surface area contributed by atoms with Gasteiger partial charge in [-0.3, -0.25) is 4.79 Å². The first-order valence-electron chi connectivity index (χ1n) is 8.84. The Morgan fingerprint density at radius 1 is 1.00 bits per heavy atom. The molecule has 2 aromatic rings.